The molecule has 128 valence electrons. The number of hydrogen-bond donors (Lipinski definition) is 0. The molecule has 1 aromatic heterocycles. The maximum atomic E-state index is 12.5. The molecule has 0 aliphatic heterocycles. The zero-order chi connectivity index (χ0) is 17.7. The number of amides is 1. The van der Waals surface area contributed by atoms with Gasteiger partial charge in [-0.3, -0.25) is 9.59 Å². The van der Waals surface area contributed by atoms with Crippen molar-refractivity contribution in [2.24, 2.45) is 5.92 Å². The van der Waals surface area contributed by atoms with Crippen molar-refractivity contribution in [1.29, 1.82) is 0 Å². The summed E-state index contributed by atoms with van der Waals surface area (Å²) in [5.74, 6) is -0.263. The Morgan fingerprint density at radius 1 is 1.29 bits per heavy atom. The molecule has 1 aromatic carbocycles. The van der Waals surface area contributed by atoms with Gasteiger partial charge in [-0.05, 0) is 12.1 Å². The number of hydrogen-bond acceptors (Lipinski definition) is 6. The van der Waals surface area contributed by atoms with Crippen LogP contribution in [0.15, 0.2) is 29.6 Å². The number of para-hydroxylation sites is 1. The van der Waals surface area contributed by atoms with Gasteiger partial charge in [-0.25, -0.2) is 4.98 Å². The lowest BCUT2D eigenvalue weighted by atomic mass is 10.1. The number of carbonyl (C=O) groups excluding carboxylic acids is 2. The highest BCUT2D eigenvalue weighted by Gasteiger charge is 2.22. The van der Waals surface area contributed by atoms with Gasteiger partial charge in [-0.1, -0.05) is 19.1 Å². The Morgan fingerprint density at radius 3 is 2.67 bits per heavy atom. The quantitative estimate of drug-likeness (QED) is 0.751. The maximum absolute atomic E-state index is 12.5. The summed E-state index contributed by atoms with van der Waals surface area (Å²) in [6.07, 6.45) is 0. The van der Waals surface area contributed by atoms with Crippen molar-refractivity contribution in [2.45, 2.75) is 6.92 Å². The molecular formula is C17H20N2O4S. The Kier molecular flexibility index (Phi) is 5.92. The van der Waals surface area contributed by atoms with Crippen molar-refractivity contribution < 1.29 is 19.1 Å². The molecule has 1 amide bonds. The number of esters is 1. The number of nitrogens with zero attached hydrogens (tertiary/aromatic N) is 2. The molecular weight excluding hydrogens is 328 g/mol. The van der Waals surface area contributed by atoms with E-state index >= 15 is 0 Å². The van der Waals surface area contributed by atoms with Crippen molar-refractivity contribution in [2.75, 3.05) is 27.8 Å². The van der Waals surface area contributed by atoms with Gasteiger partial charge in [0.25, 0.3) is 5.91 Å². The highest BCUT2D eigenvalue weighted by Crippen LogP contribution is 2.32. The van der Waals surface area contributed by atoms with E-state index in [0.29, 0.717) is 16.5 Å². The van der Waals surface area contributed by atoms with E-state index in [1.165, 1.54) is 23.3 Å². The molecule has 1 heterocycles. The van der Waals surface area contributed by atoms with Gasteiger partial charge in [0.1, 0.15) is 16.5 Å². The first-order valence-corrected chi connectivity index (χ1v) is 8.28. The zero-order valence-electron chi connectivity index (χ0n) is 14.1. The monoisotopic (exact) mass is 348 g/mol. The van der Waals surface area contributed by atoms with Crippen LogP contribution in [0.25, 0.3) is 10.6 Å². The van der Waals surface area contributed by atoms with Gasteiger partial charge in [0.05, 0.1) is 25.7 Å². The molecule has 0 N–H and O–H groups in total. The van der Waals surface area contributed by atoms with E-state index in [4.69, 9.17) is 4.74 Å². The van der Waals surface area contributed by atoms with Crippen LogP contribution >= 0.6 is 11.3 Å². The first-order chi connectivity index (χ1) is 11.5. The van der Waals surface area contributed by atoms with E-state index in [0.717, 1.165) is 5.56 Å². The number of ether oxygens (including phenoxy) is 2. The van der Waals surface area contributed by atoms with E-state index in [1.54, 1.807) is 26.5 Å². The summed E-state index contributed by atoms with van der Waals surface area (Å²) < 4.78 is 10.0. The topological polar surface area (TPSA) is 68.7 Å². The molecule has 24 heavy (non-hydrogen) atoms. The van der Waals surface area contributed by atoms with Gasteiger partial charge in [0.15, 0.2) is 0 Å². The lowest BCUT2D eigenvalue weighted by molar-refractivity contribution is -0.145. The molecule has 0 aliphatic rings. The second-order valence-corrected chi connectivity index (χ2v) is 6.21. The molecule has 2 rings (SSSR count). The fourth-order valence-electron chi connectivity index (χ4n) is 2.28. The highest BCUT2D eigenvalue weighted by atomic mass is 32.1. The van der Waals surface area contributed by atoms with E-state index in [2.05, 4.69) is 9.72 Å². The fraction of sp³-hybridized carbons (Fsp3) is 0.353. The smallest absolute Gasteiger partial charge is 0.310 e. The lowest BCUT2D eigenvalue weighted by Crippen LogP contribution is -2.34. The van der Waals surface area contributed by atoms with Gasteiger partial charge >= 0.3 is 5.97 Å². The molecule has 7 heteroatoms. The molecule has 0 spiro atoms. The number of thiazole rings is 1. The summed E-state index contributed by atoms with van der Waals surface area (Å²) in [5, 5.41) is 2.42. The van der Waals surface area contributed by atoms with Crippen LogP contribution in [0.2, 0.25) is 0 Å². The molecule has 0 aliphatic carbocycles. The average Bonchev–Trinajstić information content (AvgIpc) is 3.09. The molecule has 0 saturated heterocycles. The Labute approximate surface area is 145 Å². The third-order valence-electron chi connectivity index (χ3n) is 3.56. The third-order valence-corrected chi connectivity index (χ3v) is 4.43. The number of aromatic nitrogens is 1. The van der Waals surface area contributed by atoms with E-state index in [-0.39, 0.29) is 18.4 Å². The number of methoxy groups -OCH3 is 2. The Morgan fingerprint density at radius 2 is 2.00 bits per heavy atom. The molecule has 1 atom stereocenters. The van der Waals surface area contributed by atoms with E-state index in [1.807, 2.05) is 24.3 Å². The van der Waals surface area contributed by atoms with Crippen LogP contribution in [0.1, 0.15) is 17.4 Å². The Hall–Kier alpha value is -2.41. The predicted molar refractivity (Wildman–Crippen MR) is 92.2 cm³/mol. The molecule has 0 fully saturated rings. The standard InChI is InChI=1S/C17H20N2O4S/c1-11(17(21)23-4)9-19(2)16(20)13-10-24-15(18-13)12-7-5-6-8-14(12)22-3/h5-8,10-11H,9H2,1-4H3. The van der Waals surface area contributed by atoms with E-state index < -0.39 is 5.92 Å². The van der Waals surface area contributed by atoms with Crippen LogP contribution in [-0.2, 0) is 9.53 Å². The first-order valence-electron chi connectivity index (χ1n) is 7.40. The van der Waals surface area contributed by atoms with Crippen LogP contribution in [0.4, 0.5) is 0 Å². The summed E-state index contributed by atoms with van der Waals surface area (Å²) in [6.45, 7) is 1.99. The zero-order valence-corrected chi connectivity index (χ0v) is 14.9. The predicted octanol–water partition coefficient (Wildman–Crippen LogP) is 2.70. The number of benzene rings is 1. The SMILES string of the molecule is COC(=O)C(C)CN(C)C(=O)c1csc(-c2ccccc2OC)n1. The maximum Gasteiger partial charge on any atom is 0.310 e. The summed E-state index contributed by atoms with van der Waals surface area (Å²) in [5.41, 5.74) is 1.19. The fourth-order valence-corrected chi connectivity index (χ4v) is 3.11. The van der Waals surface area contributed by atoms with Gasteiger partial charge in [0.2, 0.25) is 0 Å². The van der Waals surface area contributed by atoms with Crippen molar-refractivity contribution in [3.8, 4) is 16.3 Å². The first kappa shape index (κ1) is 17.9. The molecule has 0 bridgehead atoms. The summed E-state index contributed by atoms with van der Waals surface area (Å²) >= 11 is 1.38. The van der Waals surface area contributed by atoms with Crippen molar-refractivity contribution in [3.63, 3.8) is 0 Å². The number of carbonyl (C=O) groups is 2. The summed E-state index contributed by atoms with van der Waals surface area (Å²) in [6, 6.07) is 7.52. The van der Waals surface area contributed by atoms with Crippen molar-refractivity contribution >= 4 is 23.2 Å². The highest BCUT2D eigenvalue weighted by molar-refractivity contribution is 7.13. The van der Waals surface area contributed by atoms with Crippen LogP contribution in [-0.4, -0.2) is 49.6 Å². The second-order valence-electron chi connectivity index (χ2n) is 5.35. The molecule has 2 aromatic rings. The average molecular weight is 348 g/mol. The molecule has 6 nitrogen and oxygen atoms in total. The largest absolute Gasteiger partial charge is 0.496 e. The van der Waals surface area contributed by atoms with Gasteiger partial charge < -0.3 is 14.4 Å². The van der Waals surface area contributed by atoms with E-state index in [9.17, 15) is 9.59 Å². The second kappa shape index (κ2) is 7.92. The van der Waals surface area contributed by atoms with Crippen LogP contribution in [0.5, 0.6) is 5.75 Å². The molecule has 1 unspecified atom stereocenters. The van der Waals surface area contributed by atoms with Gasteiger partial charge in [0, 0.05) is 19.0 Å². The minimum Gasteiger partial charge on any atom is -0.496 e. The third kappa shape index (κ3) is 3.91. The number of rotatable bonds is 6. The molecule has 0 radical (unpaired) electrons. The van der Waals surface area contributed by atoms with Crippen LogP contribution in [0.3, 0.4) is 0 Å². The normalized spacial score (nSPS) is 11.7. The van der Waals surface area contributed by atoms with Gasteiger partial charge in [-0.2, -0.15) is 0 Å². The van der Waals surface area contributed by atoms with Crippen LogP contribution in [0, 0.1) is 5.92 Å². The van der Waals surface area contributed by atoms with Crippen molar-refractivity contribution in [3.05, 3.63) is 35.3 Å². The Bertz CT molecular complexity index is 729. The lowest BCUT2D eigenvalue weighted by Gasteiger charge is -2.19. The minimum atomic E-state index is -0.392. The minimum absolute atomic E-state index is 0.233. The van der Waals surface area contributed by atoms with Gasteiger partial charge in [-0.15, -0.1) is 11.3 Å². The summed E-state index contributed by atoms with van der Waals surface area (Å²) in [4.78, 5) is 29.8. The van der Waals surface area contributed by atoms with Crippen LogP contribution < -0.4 is 4.74 Å². The van der Waals surface area contributed by atoms with Crippen molar-refractivity contribution in [1.82, 2.24) is 9.88 Å². The molecule has 0 saturated carbocycles. The Balaban J connectivity index is 2.15. The summed E-state index contributed by atoms with van der Waals surface area (Å²) in [7, 11) is 4.57.